The lowest BCUT2D eigenvalue weighted by atomic mass is 9.73. The van der Waals surface area contributed by atoms with Gasteiger partial charge in [-0.05, 0) is 54.5 Å². The molecule has 2 aromatic carbocycles. The van der Waals surface area contributed by atoms with Gasteiger partial charge in [-0.25, -0.2) is 4.39 Å². The van der Waals surface area contributed by atoms with E-state index < -0.39 is 35.4 Å². The van der Waals surface area contributed by atoms with Crippen molar-refractivity contribution in [2.45, 2.75) is 50.7 Å². The van der Waals surface area contributed by atoms with E-state index in [-0.39, 0.29) is 6.10 Å². The number of rotatable bonds is 6. The van der Waals surface area contributed by atoms with Gasteiger partial charge in [0, 0.05) is 6.07 Å². The predicted molar refractivity (Wildman–Crippen MR) is 103 cm³/mol. The Kier molecular flexibility index (Phi) is 6.29. The van der Waals surface area contributed by atoms with E-state index in [9.17, 15) is 26.3 Å². The van der Waals surface area contributed by atoms with Gasteiger partial charge in [0.2, 0.25) is 0 Å². The number of benzene rings is 2. The lowest BCUT2D eigenvalue weighted by molar-refractivity contribution is -0.275. The fraction of sp³-hybridized carbons (Fsp3) is 0.478. The molecule has 0 amide bonds. The molecular formula is C23H22F6O3. The van der Waals surface area contributed by atoms with E-state index in [1.807, 2.05) is 0 Å². The second-order valence-corrected chi connectivity index (χ2v) is 8.23. The SMILES string of the molecule is Fc1cc(OC(F)(F)c2ccc(C3CCC(C4CCC4)CO3)cc2)ccc1OC(F)(F)F. The van der Waals surface area contributed by atoms with Crippen molar-refractivity contribution in [3.63, 3.8) is 0 Å². The molecule has 1 aliphatic carbocycles. The minimum atomic E-state index is -5.10. The smallest absolute Gasteiger partial charge is 0.429 e. The summed E-state index contributed by atoms with van der Waals surface area (Å²) in [7, 11) is 0. The molecule has 1 aliphatic heterocycles. The maximum atomic E-state index is 14.5. The average molecular weight is 460 g/mol. The van der Waals surface area contributed by atoms with E-state index in [1.54, 1.807) is 12.1 Å². The first-order valence-corrected chi connectivity index (χ1v) is 10.4. The quantitative estimate of drug-likeness (QED) is 0.430. The summed E-state index contributed by atoms with van der Waals surface area (Å²) >= 11 is 0. The molecule has 2 unspecified atom stereocenters. The largest absolute Gasteiger partial charge is 0.573 e. The van der Waals surface area contributed by atoms with Crippen molar-refractivity contribution in [2.75, 3.05) is 6.61 Å². The molecule has 1 heterocycles. The fourth-order valence-corrected chi connectivity index (χ4v) is 4.17. The van der Waals surface area contributed by atoms with Gasteiger partial charge in [-0.15, -0.1) is 13.2 Å². The lowest BCUT2D eigenvalue weighted by Crippen LogP contribution is -2.30. The van der Waals surface area contributed by atoms with Crippen LogP contribution in [0.5, 0.6) is 11.5 Å². The summed E-state index contributed by atoms with van der Waals surface area (Å²) in [5, 5.41) is 0. The summed E-state index contributed by atoms with van der Waals surface area (Å²) < 4.78 is 93.4. The van der Waals surface area contributed by atoms with Gasteiger partial charge in [-0.2, -0.15) is 8.78 Å². The Balaban J connectivity index is 1.38. The summed E-state index contributed by atoms with van der Waals surface area (Å²) in [5.41, 5.74) is 0.316. The van der Waals surface area contributed by atoms with Crippen molar-refractivity contribution in [2.24, 2.45) is 11.8 Å². The van der Waals surface area contributed by atoms with Crippen molar-refractivity contribution >= 4 is 0 Å². The Bertz CT molecular complexity index is 916. The summed E-state index contributed by atoms with van der Waals surface area (Å²) in [6.45, 7) is 0.677. The molecule has 32 heavy (non-hydrogen) atoms. The van der Waals surface area contributed by atoms with Crippen LogP contribution in [0.1, 0.15) is 49.3 Å². The van der Waals surface area contributed by atoms with Gasteiger partial charge in [-0.1, -0.05) is 31.4 Å². The Hall–Kier alpha value is -2.42. The molecule has 174 valence electrons. The highest BCUT2D eigenvalue weighted by atomic mass is 19.4. The zero-order chi connectivity index (χ0) is 22.9. The maximum absolute atomic E-state index is 14.5. The standard InChI is InChI=1S/C23H22F6O3/c24-19-12-18(9-11-21(19)32-23(27,28)29)31-22(25,26)17-7-4-15(5-8-17)20-10-6-16(13-30-20)14-2-1-3-14/h4-5,7-9,11-12,14,16,20H,1-3,6,10,13H2. The van der Waals surface area contributed by atoms with Crippen molar-refractivity contribution in [1.29, 1.82) is 0 Å². The maximum Gasteiger partial charge on any atom is 0.573 e. The third kappa shape index (κ3) is 5.31. The number of halogens is 6. The topological polar surface area (TPSA) is 27.7 Å². The minimum Gasteiger partial charge on any atom is -0.429 e. The van der Waals surface area contributed by atoms with Crippen molar-refractivity contribution in [3.05, 3.63) is 59.4 Å². The van der Waals surface area contributed by atoms with E-state index in [4.69, 9.17) is 4.74 Å². The molecule has 0 aromatic heterocycles. The van der Waals surface area contributed by atoms with Crippen molar-refractivity contribution in [1.82, 2.24) is 0 Å². The molecule has 0 bridgehead atoms. The zero-order valence-electron chi connectivity index (χ0n) is 17.0. The average Bonchev–Trinajstić information content (AvgIpc) is 2.68. The van der Waals surface area contributed by atoms with Crippen LogP contribution < -0.4 is 9.47 Å². The Morgan fingerprint density at radius 1 is 0.812 bits per heavy atom. The van der Waals surface area contributed by atoms with Crippen LogP contribution in [0.15, 0.2) is 42.5 Å². The Morgan fingerprint density at radius 3 is 2.06 bits per heavy atom. The van der Waals surface area contributed by atoms with Crippen LogP contribution in [0.25, 0.3) is 0 Å². The first-order chi connectivity index (χ1) is 15.1. The third-order valence-corrected chi connectivity index (χ3v) is 6.12. The third-order valence-electron chi connectivity index (χ3n) is 6.12. The van der Waals surface area contributed by atoms with Crippen LogP contribution in [0, 0.1) is 17.7 Å². The van der Waals surface area contributed by atoms with Crippen molar-refractivity contribution in [3.8, 4) is 11.5 Å². The van der Waals surface area contributed by atoms with Gasteiger partial charge in [-0.3, -0.25) is 0 Å². The number of hydrogen-bond donors (Lipinski definition) is 0. The minimum absolute atomic E-state index is 0.148. The molecule has 2 aromatic rings. The number of hydrogen-bond acceptors (Lipinski definition) is 3. The normalized spacial score (nSPS) is 22.3. The molecule has 0 radical (unpaired) electrons. The first kappa shape index (κ1) is 22.8. The van der Waals surface area contributed by atoms with Gasteiger partial charge < -0.3 is 14.2 Å². The van der Waals surface area contributed by atoms with Crippen molar-refractivity contribution < 1.29 is 40.6 Å². The highest BCUT2D eigenvalue weighted by Crippen LogP contribution is 2.42. The van der Waals surface area contributed by atoms with Crippen LogP contribution in [0.2, 0.25) is 0 Å². The van der Waals surface area contributed by atoms with Gasteiger partial charge in [0.1, 0.15) is 5.75 Å². The number of ether oxygens (including phenoxy) is 3. The molecular weight excluding hydrogens is 438 g/mol. The van der Waals surface area contributed by atoms with Gasteiger partial charge in [0.25, 0.3) is 0 Å². The summed E-state index contributed by atoms with van der Waals surface area (Å²) in [6, 6.07) is 7.26. The summed E-state index contributed by atoms with van der Waals surface area (Å²) in [6.07, 6.45) is -3.40. The fourth-order valence-electron chi connectivity index (χ4n) is 4.17. The molecule has 3 nitrogen and oxygen atoms in total. The molecule has 9 heteroatoms. The highest BCUT2D eigenvalue weighted by Gasteiger charge is 2.37. The van der Waals surface area contributed by atoms with Gasteiger partial charge in [0.15, 0.2) is 11.6 Å². The first-order valence-electron chi connectivity index (χ1n) is 10.4. The molecule has 4 rings (SSSR count). The van der Waals surface area contributed by atoms with Gasteiger partial charge >= 0.3 is 12.5 Å². The molecule has 2 aliphatic rings. The second-order valence-electron chi connectivity index (χ2n) is 8.23. The van der Waals surface area contributed by atoms with Crippen LogP contribution >= 0.6 is 0 Å². The highest BCUT2D eigenvalue weighted by molar-refractivity contribution is 5.34. The van der Waals surface area contributed by atoms with E-state index >= 15 is 0 Å². The van der Waals surface area contributed by atoms with E-state index in [0.29, 0.717) is 24.7 Å². The van der Waals surface area contributed by atoms with E-state index in [0.717, 1.165) is 30.4 Å². The summed E-state index contributed by atoms with van der Waals surface area (Å²) in [5.74, 6) is -1.92. The molecule has 2 atom stereocenters. The van der Waals surface area contributed by atoms with Gasteiger partial charge in [0.05, 0.1) is 18.3 Å². The molecule has 0 spiro atoms. The van der Waals surface area contributed by atoms with Crippen LogP contribution in [0.4, 0.5) is 26.3 Å². The molecule has 0 N–H and O–H groups in total. The van der Waals surface area contributed by atoms with E-state index in [2.05, 4.69) is 9.47 Å². The van der Waals surface area contributed by atoms with Crippen LogP contribution in [-0.2, 0) is 10.8 Å². The Labute approximate surface area is 181 Å². The molecule has 1 saturated carbocycles. The second kappa shape index (κ2) is 8.84. The predicted octanol–water partition coefficient (Wildman–Crippen LogP) is 7.12. The Morgan fingerprint density at radius 2 is 1.53 bits per heavy atom. The number of alkyl halides is 5. The van der Waals surface area contributed by atoms with E-state index in [1.165, 1.54) is 31.4 Å². The van der Waals surface area contributed by atoms with Crippen LogP contribution in [0.3, 0.4) is 0 Å². The monoisotopic (exact) mass is 460 g/mol. The lowest BCUT2D eigenvalue weighted by Gasteiger charge is -2.38. The molecule has 1 saturated heterocycles. The summed E-state index contributed by atoms with van der Waals surface area (Å²) in [4.78, 5) is 0. The van der Waals surface area contributed by atoms with Crippen LogP contribution in [-0.4, -0.2) is 13.0 Å². The zero-order valence-corrected chi connectivity index (χ0v) is 17.0. The molecule has 2 fully saturated rings.